The van der Waals surface area contributed by atoms with Gasteiger partial charge in [-0.2, -0.15) is 57.1 Å². The highest BCUT2D eigenvalue weighted by Gasteiger charge is 2.90. The maximum atomic E-state index is 14.1. The second-order valence-electron chi connectivity index (χ2n) is 12.6. The number of unbranched alkanes of at least 4 members (excludes halogenated alkanes) is 1. The molecule has 0 atom stereocenters. The number of carbonyl (C=O) groups excluding carboxylic acids is 1. The van der Waals surface area contributed by atoms with Crippen LogP contribution in [0.15, 0.2) is 24.3 Å². The summed E-state index contributed by atoms with van der Waals surface area (Å²) in [7, 11) is 0. The molecule has 1 aromatic rings. The number of hydrogen-bond acceptors (Lipinski definition) is 2. The van der Waals surface area contributed by atoms with E-state index in [1.165, 1.54) is 44.9 Å². The number of alkyl halides is 13. The fraction of sp³-hybridized carbons (Fsp3) is 0.774. The molecule has 2 fully saturated rings. The SMILES string of the molecule is CCCCC1CCC(C2CCC(C(=O)Oc3ccc(CCC(F)(F)C(F)(F)C(F)(F)C(F)(F)C(F)(F)C(F)(F)F)cc3)CC2)CC1. The third-order valence-corrected chi connectivity index (χ3v) is 9.50. The Bertz CT molecular complexity index is 1130. The zero-order valence-corrected chi connectivity index (χ0v) is 25.0. The van der Waals surface area contributed by atoms with Gasteiger partial charge in [-0.05, 0) is 80.4 Å². The Labute approximate surface area is 258 Å². The normalized spacial score (nSPS) is 24.1. The van der Waals surface area contributed by atoms with E-state index in [-0.39, 0.29) is 17.2 Å². The fourth-order valence-electron chi connectivity index (χ4n) is 6.45. The van der Waals surface area contributed by atoms with Crippen molar-refractivity contribution in [3.8, 4) is 5.75 Å². The summed E-state index contributed by atoms with van der Waals surface area (Å²) in [6.45, 7) is 2.18. The van der Waals surface area contributed by atoms with Crippen LogP contribution in [0, 0.1) is 23.7 Å². The Morgan fingerprint density at radius 3 is 1.63 bits per heavy atom. The van der Waals surface area contributed by atoms with Gasteiger partial charge >= 0.3 is 41.8 Å². The molecule has 2 saturated carbocycles. The van der Waals surface area contributed by atoms with Crippen LogP contribution in [0.5, 0.6) is 5.75 Å². The van der Waals surface area contributed by atoms with E-state index in [1.807, 2.05) is 0 Å². The van der Waals surface area contributed by atoms with Crippen LogP contribution in [0.25, 0.3) is 0 Å². The quantitative estimate of drug-likeness (QED) is 0.117. The molecule has 0 unspecified atom stereocenters. The van der Waals surface area contributed by atoms with E-state index in [1.54, 1.807) is 0 Å². The van der Waals surface area contributed by atoms with Gasteiger partial charge in [-0.3, -0.25) is 4.79 Å². The second kappa shape index (κ2) is 14.1. The summed E-state index contributed by atoms with van der Waals surface area (Å²) in [5, 5.41) is 0. The molecule has 0 bridgehead atoms. The fourth-order valence-corrected chi connectivity index (χ4v) is 6.45. The minimum absolute atomic E-state index is 0.0427. The minimum Gasteiger partial charge on any atom is -0.426 e. The van der Waals surface area contributed by atoms with Crippen molar-refractivity contribution in [2.24, 2.45) is 23.7 Å². The van der Waals surface area contributed by atoms with Gasteiger partial charge in [0.1, 0.15) is 5.75 Å². The molecule has 15 heteroatoms. The van der Waals surface area contributed by atoms with E-state index in [0.29, 0.717) is 24.7 Å². The lowest BCUT2D eigenvalue weighted by molar-refractivity contribution is -0.440. The van der Waals surface area contributed by atoms with E-state index < -0.39 is 54.6 Å². The van der Waals surface area contributed by atoms with Gasteiger partial charge in [0.2, 0.25) is 0 Å². The van der Waals surface area contributed by atoms with Crippen LogP contribution >= 0.6 is 0 Å². The van der Waals surface area contributed by atoms with Gasteiger partial charge in [-0.15, -0.1) is 0 Å². The summed E-state index contributed by atoms with van der Waals surface area (Å²) in [6.07, 6.45) is 0.579. The smallest absolute Gasteiger partial charge is 0.426 e. The molecular weight excluding hydrogens is 651 g/mol. The van der Waals surface area contributed by atoms with Crippen molar-refractivity contribution < 1.29 is 66.6 Å². The van der Waals surface area contributed by atoms with E-state index >= 15 is 0 Å². The first-order valence-electron chi connectivity index (χ1n) is 15.4. The Morgan fingerprint density at radius 2 is 1.15 bits per heavy atom. The summed E-state index contributed by atoms with van der Waals surface area (Å²) in [6, 6.07) is 4.18. The molecular formula is C31H37F13O2. The summed E-state index contributed by atoms with van der Waals surface area (Å²) in [4.78, 5) is 12.7. The number of rotatable bonds is 13. The summed E-state index contributed by atoms with van der Waals surface area (Å²) in [5.74, 6) is -35.9. The van der Waals surface area contributed by atoms with Crippen LogP contribution in [0.1, 0.15) is 89.5 Å². The molecule has 2 aliphatic carbocycles. The standard InChI is InChI=1S/C31H37F13O2/c1-2-3-4-19-5-9-21(10-6-19)22-11-13-23(14-12-22)25(45)46-24-15-7-20(8-16-24)17-18-26(32,33)27(34,35)28(36,37)29(38,39)30(40,41)31(42,43)44/h7-8,15-16,19,21-23H,2-6,9-14,17-18H2,1H3. The predicted octanol–water partition coefficient (Wildman–Crippen LogP) is 11.1. The first-order chi connectivity index (χ1) is 21.1. The largest absolute Gasteiger partial charge is 0.460 e. The molecule has 2 nitrogen and oxygen atoms in total. The highest BCUT2D eigenvalue weighted by molar-refractivity contribution is 5.75. The van der Waals surface area contributed by atoms with Gasteiger partial charge in [0.25, 0.3) is 0 Å². The Kier molecular flexibility index (Phi) is 11.7. The maximum absolute atomic E-state index is 14.1. The average Bonchev–Trinajstić information content (AvgIpc) is 2.99. The number of benzene rings is 1. The third kappa shape index (κ3) is 7.73. The number of aryl methyl sites for hydroxylation is 1. The van der Waals surface area contributed by atoms with Crippen molar-refractivity contribution in [1.29, 1.82) is 0 Å². The van der Waals surface area contributed by atoms with Crippen LogP contribution in [0.2, 0.25) is 0 Å². The lowest BCUT2D eigenvalue weighted by Gasteiger charge is -2.39. The third-order valence-electron chi connectivity index (χ3n) is 9.50. The molecule has 264 valence electrons. The molecule has 0 N–H and O–H groups in total. The molecule has 1 aromatic carbocycles. The van der Waals surface area contributed by atoms with Gasteiger partial charge in [0.15, 0.2) is 0 Å². The number of esters is 1. The highest BCUT2D eigenvalue weighted by Crippen LogP contribution is 2.60. The molecule has 0 heterocycles. The van der Waals surface area contributed by atoms with Crippen LogP contribution in [0.4, 0.5) is 57.1 Å². The molecule has 0 amide bonds. The molecule has 0 aromatic heterocycles. The summed E-state index contributed by atoms with van der Waals surface area (Å²) >= 11 is 0. The van der Waals surface area contributed by atoms with Crippen molar-refractivity contribution in [1.82, 2.24) is 0 Å². The van der Waals surface area contributed by atoms with Crippen LogP contribution in [-0.2, 0) is 11.2 Å². The van der Waals surface area contributed by atoms with Gasteiger partial charge in [0.05, 0.1) is 5.92 Å². The van der Waals surface area contributed by atoms with Crippen molar-refractivity contribution in [3.05, 3.63) is 29.8 Å². The number of hydrogen-bond donors (Lipinski definition) is 0. The molecule has 3 rings (SSSR count). The molecule has 0 saturated heterocycles. The van der Waals surface area contributed by atoms with E-state index in [0.717, 1.165) is 43.0 Å². The first kappa shape index (κ1) is 38.2. The predicted molar refractivity (Wildman–Crippen MR) is 142 cm³/mol. The van der Waals surface area contributed by atoms with Crippen molar-refractivity contribution in [3.63, 3.8) is 0 Å². The summed E-state index contributed by atoms with van der Waals surface area (Å²) in [5.41, 5.74) is -0.254. The Balaban J connectivity index is 1.52. The zero-order valence-electron chi connectivity index (χ0n) is 25.0. The van der Waals surface area contributed by atoms with E-state index in [4.69, 9.17) is 4.74 Å². The lowest BCUT2D eigenvalue weighted by atomic mass is 9.68. The van der Waals surface area contributed by atoms with Gasteiger partial charge in [-0.25, -0.2) is 0 Å². The van der Waals surface area contributed by atoms with Crippen LogP contribution in [-0.4, -0.2) is 41.8 Å². The molecule has 2 aliphatic rings. The van der Waals surface area contributed by atoms with Gasteiger partial charge in [-0.1, -0.05) is 51.2 Å². The number of carbonyl (C=O) groups is 1. The van der Waals surface area contributed by atoms with E-state index in [9.17, 15) is 61.9 Å². The molecule has 0 aliphatic heterocycles. The second-order valence-corrected chi connectivity index (χ2v) is 12.6. The Hall–Kier alpha value is -2.22. The molecule has 0 radical (unpaired) electrons. The van der Waals surface area contributed by atoms with Gasteiger partial charge < -0.3 is 4.74 Å². The van der Waals surface area contributed by atoms with Crippen LogP contribution in [0.3, 0.4) is 0 Å². The highest BCUT2D eigenvalue weighted by atomic mass is 19.4. The number of ether oxygens (including phenoxy) is 1. The zero-order chi connectivity index (χ0) is 34.8. The lowest BCUT2D eigenvalue weighted by Crippen LogP contribution is -2.70. The van der Waals surface area contributed by atoms with Crippen molar-refractivity contribution >= 4 is 5.97 Å². The monoisotopic (exact) mass is 688 g/mol. The van der Waals surface area contributed by atoms with Crippen molar-refractivity contribution in [2.45, 2.75) is 126 Å². The van der Waals surface area contributed by atoms with Crippen molar-refractivity contribution in [2.75, 3.05) is 0 Å². The van der Waals surface area contributed by atoms with Crippen LogP contribution < -0.4 is 4.74 Å². The first-order valence-corrected chi connectivity index (χ1v) is 15.4. The summed E-state index contributed by atoms with van der Waals surface area (Å²) < 4.78 is 178. The van der Waals surface area contributed by atoms with Gasteiger partial charge in [0, 0.05) is 6.42 Å². The van der Waals surface area contributed by atoms with E-state index in [2.05, 4.69) is 6.92 Å². The molecule has 0 spiro atoms. The maximum Gasteiger partial charge on any atom is 0.460 e. The minimum atomic E-state index is -7.91. The topological polar surface area (TPSA) is 26.3 Å². The number of halogens is 13. The Morgan fingerprint density at radius 1 is 0.674 bits per heavy atom. The average molecular weight is 689 g/mol. The molecule has 46 heavy (non-hydrogen) atoms.